The van der Waals surface area contributed by atoms with E-state index in [1.54, 1.807) is 25.4 Å². The number of aromatic nitrogens is 3. The van der Waals surface area contributed by atoms with Gasteiger partial charge in [0.15, 0.2) is 5.75 Å². The fraction of sp³-hybridized carbons (Fsp3) is 0.182. The fourth-order valence-electron chi connectivity index (χ4n) is 3.72. The predicted octanol–water partition coefficient (Wildman–Crippen LogP) is 4.83. The van der Waals surface area contributed by atoms with E-state index in [0.717, 1.165) is 16.8 Å². The number of nitrogens with one attached hydrogen (secondary N) is 1. The topological polar surface area (TPSA) is 83.5 Å². The van der Waals surface area contributed by atoms with Crippen LogP contribution in [0.5, 0.6) is 11.5 Å². The molecule has 2 aromatic heterocycles. The highest BCUT2D eigenvalue weighted by Gasteiger charge is 2.31. The molecule has 2 N–H and O–H groups in total. The van der Waals surface area contributed by atoms with Gasteiger partial charge in [0, 0.05) is 0 Å². The summed E-state index contributed by atoms with van der Waals surface area (Å²) in [5.41, 5.74) is 3.06. The zero-order valence-corrected chi connectivity index (χ0v) is 18.0. The van der Waals surface area contributed by atoms with Crippen molar-refractivity contribution in [1.82, 2.24) is 15.0 Å². The first-order valence-corrected chi connectivity index (χ1v) is 10.4. The van der Waals surface area contributed by atoms with E-state index < -0.39 is 0 Å². The Morgan fingerprint density at radius 2 is 2.06 bits per heavy atom. The number of fused-ring (bicyclic) bond motifs is 2. The Morgan fingerprint density at radius 3 is 2.81 bits per heavy atom. The first-order chi connectivity index (χ1) is 15.1. The lowest BCUT2D eigenvalue weighted by Gasteiger charge is -2.37. The van der Waals surface area contributed by atoms with Gasteiger partial charge in [-0.05, 0) is 36.4 Å². The largest absolute Gasteiger partial charge is 0.495 e. The van der Waals surface area contributed by atoms with Crippen LogP contribution in [-0.2, 0) is 0 Å². The molecule has 7 nitrogen and oxygen atoms in total. The summed E-state index contributed by atoms with van der Waals surface area (Å²) in [6, 6.07) is 12.7. The average molecular weight is 457 g/mol. The standard InChI is InChI=1S/C22H18Cl2N4O3/c1-30-13-5-6-20(25-9-13)28-12(10-29)11-31-21-14(3-2-4-19(21)28)22-26-17-7-15(23)16(24)8-18(17)27-22/h2-9,12,29H,10-11H2,1H3,(H,26,27). The van der Waals surface area contributed by atoms with Gasteiger partial charge in [-0.1, -0.05) is 29.3 Å². The van der Waals surface area contributed by atoms with Crippen molar-refractivity contribution >= 4 is 45.7 Å². The summed E-state index contributed by atoms with van der Waals surface area (Å²) in [5.74, 6) is 2.63. The molecule has 0 fully saturated rings. The Morgan fingerprint density at radius 1 is 1.23 bits per heavy atom. The summed E-state index contributed by atoms with van der Waals surface area (Å²) in [4.78, 5) is 14.4. The molecule has 0 saturated carbocycles. The zero-order valence-electron chi connectivity index (χ0n) is 16.5. The molecule has 0 radical (unpaired) electrons. The molecule has 1 aliphatic rings. The molecule has 0 saturated heterocycles. The van der Waals surface area contributed by atoms with Crippen molar-refractivity contribution < 1.29 is 14.6 Å². The number of rotatable bonds is 4. The van der Waals surface area contributed by atoms with Gasteiger partial charge < -0.3 is 24.5 Å². The van der Waals surface area contributed by atoms with E-state index in [9.17, 15) is 5.11 Å². The summed E-state index contributed by atoms with van der Waals surface area (Å²) in [7, 11) is 1.59. The lowest BCUT2D eigenvalue weighted by molar-refractivity contribution is 0.195. The van der Waals surface area contributed by atoms with Crippen LogP contribution in [0, 0.1) is 0 Å². The number of nitrogens with zero attached hydrogens (tertiary/aromatic N) is 3. The smallest absolute Gasteiger partial charge is 0.154 e. The molecule has 1 aliphatic heterocycles. The Labute approximate surface area is 188 Å². The summed E-state index contributed by atoms with van der Waals surface area (Å²) < 4.78 is 11.3. The van der Waals surface area contributed by atoms with E-state index in [4.69, 9.17) is 32.7 Å². The van der Waals surface area contributed by atoms with Crippen molar-refractivity contribution in [3.8, 4) is 22.9 Å². The third-order valence-corrected chi connectivity index (χ3v) is 5.95. The molecule has 1 unspecified atom stereocenters. The monoisotopic (exact) mass is 456 g/mol. The summed E-state index contributed by atoms with van der Waals surface area (Å²) >= 11 is 12.3. The lowest BCUT2D eigenvalue weighted by Crippen LogP contribution is -2.43. The normalized spacial score (nSPS) is 15.6. The second kappa shape index (κ2) is 7.92. The molecule has 4 aromatic rings. The van der Waals surface area contributed by atoms with Crippen molar-refractivity contribution in [2.45, 2.75) is 6.04 Å². The van der Waals surface area contributed by atoms with Gasteiger partial charge in [-0.2, -0.15) is 0 Å². The van der Waals surface area contributed by atoms with E-state index >= 15 is 0 Å². The molecule has 2 aromatic carbocycles. The maximum atomic E-state index is 9.97. The zero-order chi connectivity index (χ0) is 21.5. The second-order valence-electron chi connectivity index (χ2n) is 7.10. The van der Waals surface area contributed by atoms with Crippen LogP contribution in [0.15, 0.2) is 48.7 Å². The van der Waals surface area contributed by atoms with Crippen LogP contribution in [0.4, 0.5) is 11.5 Å². The van der Waals surface area contributed by atoms with Gasteiger partial charge in [0.2, 0.25) is 0 Å². The first-order valence-electron chi connectivity index (χ1n) is 9.60. The number of hydrogen-bond donors (Lipinski definition) is 2. The molecule has 0 spiro atoms. The number of imidazole rings is 1. The minimum absolute atomic E-state index is 0.0843. The molecule has 0 aliphatic carbocycles. The third kappa shape index (κ3) is 3.44. The average Bonchev–Trinajstić information content (AvgIpc) is 3.20. The number of aliphatic hydroxyl groups is 1. The van der Waals surface area contributed by atoms with Gasteiger partial charge in [0.25, 0.3) is 0 Å². The predicted molar refractivity (Wildman–Crippen MR) is 121 cm³/mol. The number of pyridine rings is 1. The number of halogens is 2. The second-order valence-corrected chi connectivity index (χ2v) is 7.91. The van der Waals surface area contributed by atoms with E-state index in [2.05, 4.69) is 15.0 Å². The third-order valence-electron chi connectivity index (χ3n) is 5.23. The molecule has 3 heterocycles. The molecule has 0 amide bonds. The number of aliphatic hydroxyl groups excluding tert-OH is 1. The van der Waals surface area contributed by atoms with E-state index in [1.807, 2.05) is 35.2 Å². The van der Waals surface area contributed by atoms with Crippen LogP contribution in [0.25, 0.3) is 22.4 Å². The molecule has 158 valence electrons. The Balaban J connectivity index is 1.63. The number of anilines is 2. The van der Waals surface area contributed by atoms with Crippen LogP contribution in [-0.4, -0.2) is 46.4 Å². The van der Waals surface area contributed by atoms with Crippen LogP contribution >= 0.6 is 23.2 Å². The molecule has 0 bridgehead atoms. The van der Waals surface area contributed by atoms with Crippen LogP contribution < -0.4 is 14.4 Å². The SMILES string of the molecule is COc1ccc(N2c3cccc(-c4nc5cc(Cl)c(Cl)cc5[nH]4)c3OCC2CO)nc1. The van der Waals surface area contributed by atoms with Gasteiger partial charge in [0.05, 0.1) is 58.3 Å². The number of ether oxygens (including phenoxy) is 2. The quantitative estimate of drug-likeness (QED) is 0.457. The van der Waals surface area contributed by atoms with Crippen molar-refractivity contribution in [2.75, 3.05) is 25.2 Å². The molecular weight excluding hydrogens is 439 g/mol. The highest BCUT2D eigenvalue weighted by atomic mass is 35.5. The van der Waals surface area contributed by atoms with Crippen LogP contribution in [0.3, 0.4) is 0 Å². The highest BCUT2D eigenvalue weighted by Crippen LogP contribution is 2.44. The first kappa shape index (κ1) is 19.9. The molecule has 31 heavy (non-hydrogen) atoms. The van der Waals surface area contributed by atoms with Crippen molar-refractivity contribution in [3.63, 3.8) is 0 Å². The minimum Gasteiger partial charge on any atom is -0.495 e. The van der Waals surface area contributed by atoms with Crippen molar-refractivity contribution in [3.05, 3.63) is 58.7 Å². The van der Waals surface area contributed by atoms with E-state index in [1.165, 1.54) is 0 Å². The molecule has 1 atom stereocenters. The Hall–Kier alpha value is -3.00. The number of benzene rings is 2. The lowest BCUT2D eigenvalue weighted by atomic mass is 10.1. The van der Waals surface area contributed by atoms with Crippen molar-refractivity contribution in [2.24, 2.45) is 0 Å². The highest BCUT2D eigenvalue weighted by molar-refractivity contribution is 6.42. The Bertz CT molecular complexity index is 1220. The maximum Gasteiger partial charge on any atom is 0.154 e. The summed E-state index contributed by atoms with van der Waals surface area (Å²) in [5, 5.41) is 10.9. The van der Waals surface area contributed by atoms with E-state index in [-0.39, 0.29) is 12.6 Å². The number of hydrogen-bond acceptors (Lipinski definition) is 6. The summed E-state index contributed by atoms with van der Waals surface area (Å²) in [6.07, 6.45) is 1.65. The maximum absolute atomic E-state index is 9.97. The molecule has 9 heteroatoms. The van der Waals surface area contributed by atoms with Gasteiger partial charge in [-0.25, -0.2) is 9.97 Å². The van der Waals surface area contributed by atoms with Gasteiger partial charge in [0.1, 0.15) is 24.0 Å². The number of para-hydroxylation sites is 1. The van der Waals surface area contributed by atoms with Gasteiger partial charge >= 0.3 is 0 Å². The molecular formula is C22H18Cl2N4O3. The number of aromatic amines is 1. The van der Waals surface area contributed by atoms with Crippen molar-refractivity contribution in [1.29, 1.82) is 0 Å². The fourth-order valence-corrected chi connectivity index (χ4v) is 4.04. The Kier molecular flexibility index (Phi) is 5.09. The summed E-state index contributed by atoms with van der Waals surface area (Å²) in [6.45, 7) is 0.213. The number of H-pyrrole nitrogens is 1. The molecule has 5 rings (SSSR count). The van der Waals surface area contributed by atoms with Gasteiger partial charge in [-0.15, -0.1) is 0 Å². The van der Waals surface area contributed by atoms with E-state index in [0.29, 0.717) is 45.3 Å². The van der Waals surface area contributed by atoms with Crippen LogP contribution in [0.1, 0.15) is 0 Å². The number of methoxy groups -OCH3 is 1. The van der Waals surface area contributed by atoms with Crippen LogP contribution in [0.2, 0.25) is 10.0 Å². The minimum atomic E-state index is -0.281. The van der Waals surface area contributed by atoms with Gasteiger partial charge in [-0.3, -0.25) is 0 Å².